The quantitative estimate of drug-likeness (QED) is 0.398. The van der Waals surface area contributed by atoms with Crippen molar-refractivity contribution in [1.82, 2.24) is 4.90 Å². The number of rotatable bonds is 11. The predicted molar refractivity (Wildman–Crippen MR) is 127 cm³/mol. The van der Waals surface area contributed by atoms with Gasteiger partial charge in [-0.25, -0.2) is 0 Å². The second kappa shape index (κ2) is 11.4. The van der Waals surface area contributed by atoms with Crippen LogP contribution in [0.15, 0.2) is 55.1 Å². The zero-order valence-electron chi connectivity index (χ0n) is 18.1. The summed E-state index contributed by atoms with van der Waals surface area (Å²) < 4.78 is 0. The zero-order valence-corrected chi connectivity index (χ0v) is 18.1. The average Bonchev–Trinajstić information content (AvgIpc) is 2.74. The Kier molecular flexibility index (Phi) is 8.87. The van der Waals surface area contributed by atoms with Gasteiger partial charge in [0, 0.05) is 43.1 Å². The molecule has 0 radical (unpaired) electrons. The first-order valence-corrected chi connectivity index (χ1v) is 10.7. The lowest BCUT2D eigenvalue weighted by Crippen LogP contribution is -2.28. The maximum atomic E-state index is 4.00. The highest BCUT2D eigenvalue weighted by Gasteiger charge is 2.17. The number of hydrogen-bond donors (Lipinski definition) is 0. The Bertz CT molecular complexity index is 751. The monoisotopic (exact) mass is 376 g/mol. The fourth-order valence-corrected chi connectivity index (χ4v) is 3.66. The third-order valence-corrected chi connectivity index (χ3v) is 5.07. The van der Waals surface area contributed by atoms with Crippen LogP contribution < -0.4 is 4.90 Å². The predicted octanol–water partition coefficient (Wildman–Crippen LogP) is 6.80. The zero-order chi connectivity index (χ0) is 20.4. The molecule has 0 fully saturated rings. The van der Waals surface area contributed by atoms with Crippen LogP contribution >= 0.6 is 0 Å². The number of anilines is 1. The molecule has 0 amide bonds. The molecule has 0 saturated carbocycles. The van der Waals surface area contributed by atoms with E-state index in [-0.39, 0.29) is 0 Å². The molecule has 2 heteroatoms. The summed E-state index contributed by atoms with van der Waals surface area (Å²) in [6.45, 7) is 17.1. The molecule has 0 N–H and O–H groups in total. The van der Waals surface area contributed by atoms with E-state index < -0.39 is 0 Å². The third-order valence-electron chi connectivity index (χ3n) is 5.07. The van der Waals surface area contributed by atoms with E-state index in [1.807, 2.05) is 6.08 Å². The van der Waals surface area contributed by atoms with Crippen molar-refractivity contribution < 1.29 is 0 Å². The van der Waals surface area contributed by atoms with Crippen LogP contribution in [0.5, 0.6) is 0 Å². The molecule has 0 unspecified atom stereocenters. The van der Waals surface area contributed by atoms with Crippen LogP contribution in [0.3, 0.4) is 0 Å². The first-order valence-electron chi connectivity index (χ1n) is 10.7. The Labute approximate surface area is 172 Å². The summed E-state index contributed by atoms with van der Waals surface area (Å²) in [7, 11) is 0. The summed E-state index contributed by atoms with van der Waals surface area (Å²) >= 11 is 0. The van der Waals surface area contributed by atoms with Gasteiger partial charge in [0.2, 0.25) is 0 Å². The van der Waals surface area contributed by atoms with Gasteiger partial charge in [-0.05, 0) is 56.0 Å². The Morgan fingerprint density at radius 3 is 2.04 bits per heavy atom. The fourth-order valence-electron chi connectivity index (χ4n) is 3.66. The van der Waals surface area contributed by atoms with Gasteiger partial charge in [-0.2, -0.15) is 0 Å². The van der Waals surface area contributed by atoms with Crippen molar-refractivity contribution in [2.75, 3.05) is 31.1 Å². The van der Waals surface area contributed by atoms with Crippen molar-refractivity contribution in [3.05, 3.63) is 71.8 Å². The maximum absolute atomic E-state index is 4.00. The topological polar surface area (TPSA) is 6.48 Å². The molecule has 2 aromatic carbocycles. The maximum Gasteiger partial charge on any atom is 0.0466 e. The molecule has 0 aliphatic carbocycles. The highest BCUT2D eigenvalue weighted by Crippen LogP contribution is 2.33. The summed E-state index contributed by atoms with van der Waals surface area (Å²) in [5.74, 6) is 0. The van der Waals surface area contributed by atoms with E-state index in [4.69, 9.17) is 0 Å². The van der Waals surface area contributed by atoms with E-state index >= 15 is 0 Å². The number of benzene rings is 2. The van der Waals surface area contributed by atoms with Gasteiger partial charge in [-0.15, -0.1) is 0 Å². The van der Waals surface area contributed by atoms with Crippen LogP contribution in [0, 0.1) is 0 Å². The first kappa shape index (κ1) is 21.8. The Morgan fingerprint density at radius 2 is 1.50 bits per heavy atom. The molecule has 0 bridgehead atoms. The normalized spacial score (nSPS) is 11.4. The minimum absolute atomic E-state index is 0.981. The summed E-state index contributed by atoms with van der Waals surface area (Å²) in [6.07, 6.45) is 6.56. The van der Waals surface area contributed by atoms with Crippen molar-refractivity contribution in [2.45, 2.75) is 40.5 Å². The Morgan fingerprint density at radius 1 is 0.857 bits per heavy atom. The largest absolute Gasteiger partial charge is 0.372 e. The molecule has 0 aliphatic heterocycles. The van der Waals surface area contributed by atoms with Gasteiger partial charge in [0.05, 0.1) is 0 Å². The lowest BCUT2D eigenvalue weighted by Gasteiger charge is -2.31. The molecule has 0 aromatic heterocycles. The Hall–Kier alpha value is -2.48. The minimum atomic E-state index is 0.981. The SMILES string of the molecule is C=Cc1ccc(N(CCC)CCC)c(C(=Cc2ccccc2)N(CC)CC)c1. The van der Waals surface area contributed by atoms with Crippen molar-refractivity contribution in [3.63, 3.8) is 0 Å². The lowest BCUT2D eigenvalue weighted by molar-refractivity contribution is 0.443. The van der Waals surface area contributed by atoms with Crippen molar-refractivity contribution in [2.24, 2.45) is 0 Å². The highest BCUT2D eigenvalue weighted by molar-refractivity contribution is 5.87. The van der Waals surface area contributed by atoms with Crippen LogP contribution in [-0.2, 0) is 0 Å². The summed E-state index contributed by atoms with van der Waals surface area (Å²) in [5, 5.41) is 0. The van der Waals surface area contributed by atoms with Gasteiger partial charge in [0.1, 0.15) is 0 Å². The standard InChI is InChI=1S/C26H36N2/c1-6-18-28(19-7-2)25-17-16-22(8-3)20-24(25)26(27(9-4)10-5)21-23-14-12-11-13-15-23/h8,11-17,20-21H,3,6-7,9-10,18-19H2,1-2,4-5H3. The van der Waals surface area contributed by atoms with Crippen LogP contribution in [0.2, 0.25) is 0 Å². The van der Waals surface area contributed by atoms with Gasteiger partial charge in [0.25, 0.3) is 0 Å². The van der Waals surface area contributed by atoms with Gasteiger partial charge >= 0.3 is 0 Å². The molecule has 2 nitrogen and oxygen atoms in total. The molecule has 0 saturated heterocycles. The van der Waals surface area contributed by atoms with E-state index in [9.17, 15) is 0 Å². The van der Waals surface area contributed by atoms with Gasteiger partial charge in [-0.1, -0.05) is 62.9 Å². The number of nitrogens with zero attached hydrogens (tertiary/aromatic N) is 2. The van der Waals surface area contributed by atoms with E-state index in [0.29, 0.717) is 0 Å². The smallest absolute Gasteiger partial charge is 0.0466 e. The second-order valence-electron chi connectivity index (χ2n) is 7.08. The first-order chi connectivity index (χ1) is 13.7. The third kappa shape index (κ3) is 5.51. The Balaban J connectivity index is 2.68. The number of hydrogen-bond acceptors (Lipinski definition) is 2. The average molecular weight is 377 g/mol. The van der Waals surface area contributed by atoms with Crippen LogP contribution in [0.25, 0.3) is 17.8 Å². The van der Waals surface area contributed by atoms with Crippen molar-refractivity contribution in [3.8, 4) is 0 Å². The van der Waals surface area contributed by atoms with Crippen LogP contribution in [0.1, 0.15) is 57.2 Å². The van der Waals surface area contributed by atoms with E-state index in [1.54, 1.807) is 0 Å². The molecular formula is C26H36N2. The fraction of sp³-hybridized carbons (Fsp3) is 0.385. The molecule has 0 atom stereocenters. The van der Waals surface area contributed by atoms with Gasteiger partial charge < -0.3 is 9.80 Å². The van der Waals surface area contributed by atoms with Crippen LogP contribution in [0.4, 0.5) is 5.69 Å². The molecule has 28 heavy (non-hydrogen) atoms. The molecule has 0 spiro atoms. The van der Waals surface area contributed by atoms with E-state index in [0.717, 1.165) is 44.6 Å². The van der Waals surface area contributed by atoms with Gasteiger partial charge in [0.15, 0.2) is 0 Å². The van der Waals surface area contributed by atoms with Crippen LogP contribution in [-0.4, -0.2) is 31.1 Å². The molecule has 150 valence electrons. The van der Waals surface area contributed by atoms with Crippen molar-refractivity contribution >= 4 is 23.5 Å². The minimum Gasteiger partial charge on any atom is -0.372 e. The highest BCUT2D eigenvalue weighted by atomic mass is 15.2. The lowest BCUT2D eigenvalue weighted by atomic mass is 10.0. The summed E-state index contributed by atoms with van der Waals surface area (Å²) in [5.41, 5.74) is 6.30. The molecule has 2 aromatic rings. The summed E-state index contributed by atoms with van der Waals surface area (Å²) in [6, 6.07) is 17.4. The molecule has 0 aliphatic rings. The molecular weight excluding hydrogens is 340 g/mol. The molecule has 2 rings (SSSR count). The van der Waals surface area contributed by atoms with E-state index in [2.05, 4.69) is 98.7 Å². The molecule has 0 heterocycles. The second-order valence-corrected chi connectivity index (χ2v) is 7.08. The van der Waals surface area contributed by atoms with Gasteiger partial charge in [-0.3, -0.25) is 0 Å². The van der Waals surface area contributed by atoms with E-state index in [1.165, 1.54) is 22.5 Å². The summed E-state index contributed by atoms with van der Waals surface area (Å²) in [4.78, 5) is 4.99. The van der Waals surface area contributed by atoms with Crippen molar-refractivity contribution in [1.29, 1.82) is 0 Å².